The van der Waals surface area contributed by atoms with E-state index in [0.717, 1.165) is 37.9 Å². The summed E-state index contributed by atoms with van der Waals surface area (Å²) in [5.41, 5.74) is 5.01. The molecule has 0 radical (unpaired) electrons. The SMILES string of the molecule is C[C@]12C[C@H](c3ccc(O)cc3)[C@@H]3c4ccc(OCc5ccccc5)cc4CC[C@H]3[C@@H]1CCC2=O. The van der Waals surface area contributed by atoms with Gasteiger partial charge in [-0.2, -0.15) is 0 Å². The molecular weight excluding hydrogens is 420 g/mol. The Morgan fingerprint density at radius 3 is 2.56 bits per heavy atom. The van der Waals surface area contributed by atoms with Gasteiger partial charge in [-0.25, -0.2) is 0 Å². The van der Waals surface area contributed by atoms with Crippen LogP contribution >= 0.6 is 0 Å². The van der Waals surface area contributed by atoms with Crippen molar-refractivity contribution >= 4 is 5.78 Å². The largest absolute Gasteiger partial charge is 0.508 e. The minimum absolute atomic E-state index is 0.222. The average molecular weight is 453 g/mol. The molecule has 0 aromatic heterocycles. The molecule has 6 rings (SSSR count). The Bertz CT molecular complexity index is 1200. The van der Waals surface area contributed by atoms with Crippen LogP contribution in [0, 0.1) is 17.3 Å². The van der Waals surface area contributed by atoms with Gasteiger partial charge in [-0.05, 0) is 95.9 Å². The maximum Gasteiger partial charge on any atom is 0.139 e. The van der Waals surface area contributed by atoms with E-state index >= 15 is 0 Å². The molecule has 3 aromatic rings. The second kappa shape index (κ2) is 8.30. The van der Waals surface area contributed by atoms with Crippen molar-refractivity contribution in [3.63, 3.8) is 0 Å². The molecule has 0 heterocycles. The minimum Gasteiger partial charge on any atom is -0.508 e. The number of ketones is 1. The van der Waals surface area contributed by atoms with Crippen LogP contribution < -0.4 is 4.74 Å². The lowest BCUT2D eigenvalue weighted by Gasteiger charge is -2.52. The summed E-state index contributed by atoms with van der Waals surface area (Å²) in [6.07, 6.45) is 4.83. The number of fused-ring (bicyclic) bond motifs is 5. The first-order chi connectivity index (χ1) is 16.5. The number of phenolic OH excluding ortho intramolecular Hbond substituents is 1. The second-order valence-electron chi connectivity index (χ2n) is 10.8. The second-order valence-corrected chi connectivity index (χ2v) is 10.8. The van der Waals surface area contributed by atoms with E-state index in [0.29, 0.717) is 35.9 Å². The predicted octanol–water partition coefficient (Wildman–Crippen LogP) is 6.79. The maximum atomic E-state index is 13.1. The number of aryl methyl sites for hydroxylation is 1. The molecule has 5 atom stereocenters. The van der Waals surface area contributed by atoms with Gasteiger partial charge in [0.2, 0.25) is 0 Å². The summed E-state index contributed by atoms with van der Waals surface area (Å²) < 4.78 is 6.15. The Morgan fingerprint density at radius 1 is 0.971 bits per heavy atom. The van der Waals surface area contributed by atoms with Gasteiger partial charge in [0.05, 0.1) is 0 Å². The summed E-state index contributed by atoms with van der Waals surface area (Å²) in [6.45, 7) is 2.80. The number of hydrogen-bond donors (Lipinski definition) is 1. The quantitative estimate of drug-likeness (QED) is 0.474. The van der Waals surface area contributed by atoms with Crippen LogP contribution in [0.3, 0.4) is 0 Å². The lowest BCUT2D eigenvalue weighted by atomic mass is 9.51. The summed E-state index contributed by atoms with van der Waals surface area (Å²) in [5, 5.41) is 9.88. The Morgan fingerprint density at radius 2 is 1.76 bits per heavy atom. The number of ether oxygens (including phenoxy) is 1. The van der Waals surface area contributed by atoms with Crippen molar-refractivity contribution in [1.29, 1.82) is 0 Å². The van der Waals surface area contributed by atoms with Crippen molar-refractivity contribution in [1.82, 2.24) is 0 Å². The van der Waals surface area contributed by atoms with Crippen LogP contribution in [-0.2, 0) is 17.8 Å². The number of carbonyl (C=O) groups excluding carboxylic acids is 1. The number of carbonyl (C=O) groups is 1. The molecule has 0 unspecified atom stereocenters. The van der Waals surface area contributed by atoms with E-state index in [1.807, 2.05) is 18.2 Å². The van der Waals surface area contributed by atoms with Crippen LogP contribution in [0.15, 0.2) is 72.8 Å². The number of phenols is 1. The van der Waals surface area contributed by atoms with Gasteiger partial charge in [-0.15, -0.1) is 0 Å². The first-order valence-electron chi connectivity index (χ1n) is 12.6. The monoisotopic (exact) mass is 452 g/mol. The first-order valence-corrected chi connectivity index (χ1v) is 12.6. The topological polar surface area (TPSA) is 46.5 Å². The molecule has 1 N–H and O–H groups in total. The van der Waals surface area contributed by atoms with Gasteiger partial charge in [0.1, 0.15) is 23.9 Å². The number of hydrogen-bond acceptors (Lipinski definition) is 3. The van der Waals surface area contributed by atoms with Gasteiger partial charge in [0.15, 0.2) is 0 Å². The van der Waals surface area contributed by atoms with E-state index in [-0.39, 0.29) is 11.3 Å². The van der Waals surface area contributed by atoms with Gasteiger partial charge in [-0.3, -0.25) is 4.79 Å². The molecule has 3 heteroatoms. The van der Waals surface area contributed by atoms with E-state index in [9.17, 15) is 9.90 Å². The highest BCUT2D eigenvalue weighted by Crippen LogP contribution is 2.64. The fourth-order valence-electron chi connectivity index (χ4n) is 7.33. The highest BCUT2D eigenvalue weighted by molar-refractivity contribution is 5.87. The fraction of sp³-hybridized carbons (Fsp3) is 0.387. The van der Waals surface area contributed by atoms with Crippen molar-refractivity contribution in [2.24, 2.45) is 17.3 Å². The van der Waals surface area contributed by atoms with Crippen LogP contribution in [0.5, 0.6) is 11.5 Å². The molecule has 0 spiro atoms. The van der Waals surface area contributed by atoms with Gasteiger partial charge < -0.3 is 9.84 Å². The van der Waals surface area contributed by atoms with Gasteiger partial charge >= 0.3 is 0 Å². The number of benzene rings is 3. The van der Waals surface area contributed by atoms with Crippen molar-refractivity contribution in [2.45, 2.75) is 57.5 Å². The number of Topliss-reactive ketones (excluding diaryl/α,β-unsaturated/α-hetero) is 1. The number of rotatable bonds is 4. The Balaban J connectivity index is 1.35. The molecule has 3 aromatic carbocycles. The van der Waals surface area contributed by atoms with Crippen LogP contribution in [0.4, 0.5) is 0 Å². The van der Waals surface area contributed by atoms with E-state index in [1.54, 1.807) is 12.1 Å². The molecule has 0 amide bonds. The zero-order valence-corrected chi connectivity index (χ0v) is 19.7. The Hall–Kier alpha value is -3.07. The molecule has 34 heavy (non-hydrogen) atoms. The predicted molar refractivity (Wildman–Crippen MR) is 133 cm³/mol. The lowest BCUT2D eigenvalue weighted by molar-refractivity contribution is -0.130. The zero-order valence-electron chi connectivity index (χ0n) is 19.7. The highest BCUT2D eigenvalue weighted by atomic mass is 16.5. The molecule has 3 aliphatic carbocycles. The molecule has 3 nitrogen and oxygen atoms in total. The molecule has 0 saturated heterocycles. The molecule has 0 aliphatic heterocycles. The van der Waals surface area contributed by atoms with Crippen LogP contribution in [-0.4, -0.2) is 10.9 Å². The third kappa shape index (κ3) is 3.53. The molecule has 2 saturated carbocycles. The first kappa shape index (κ1) is 21.5. The lowest BCUT2D eigenvalue weighted by Crippen LogP contribution is -2.46. The number of aromatic hydroxyl groups is 1. The zero-order chi connectivity index (χ0) is 23.3. The highest BCUT2D eigenvalue weighted by Gasteiger charge is 2.57. The summed E-state index contributed by atoms with van der Waals surface area (Å²) >= 11 is 0. The Kier molecular flexibility index (Phi) is 5.24. The molecular formula is C31H32O3. The van der Waals surface area contributed by atoms with Crippen LogP contribution in [0.2, 0.25) is 0 Å². The Labute approximate surface area is 201 Å². The maximum absolute atomic E-state index is 13.1. The van der Waals surface area contributed by atoms with Crippen molar-refractivity contribution in [3.8, 4) is 11.5 Å². The van der Waals surface area contributed by atoms with Crippen molar-refractivity contribution < 1.29 is 14.6 Å². The summed E-state index contributed by atoms with van der Waals surface area (Å²) in [5.74, 6) is 3.35. The summed E-state index contributed by atoms with van der Waals surface area (Å²) in [6, 6.07) is 24.7. The summed E-state index contributed by atoms with van der Waals surface area (Å²) in [7, 11) is 0. The van der Waals surface area contributed by atoms with E-state index in [2.05, 4.69) is 49.4 Å². The third-order valence-corrected chi connectivity index (χ3v) is 8.98. The third-order valence-electron chi connectivity index (χ3n) is 8.98. The molecule has 174 valence electrons. The smallest absolute Gasteiger partial charge is 0.139 e. The van der Waals surface area contributed by atoms with E-state index < -0.39 is 0 Å². The van der Waals surface area contributed by atoms with Crippen molar-refractivity contribution in [3.05, 3.63) is 95.1 Å². The molecule has 2 fully saturated rings. The minimum atomic E-state index is -0.222. The van der Waals surface area contributed by atoms with Crippen molar-refractivity contribution in [2.75, 3.05) is 0 Å². The van der Waals surface area contributed by atoms with E-state index in [4.69, 9.17) is 4.74 Å². The van der Waals surface area contributed by atoms with Crippen LogP contribution in [0.25, 0.3) is 0 Å². The normalized spacial score (nSPS) is 29.7. The summed E-state index contributed by atoms with van der Waals surface area (Å²) in [4.78, 5) is 13.1. The van der Waals surface area contributed by atoms with Gasteiger partial charge in [0.25, 0.3) is 0 Å². The fourth-order valence-corrected chi connectivity index (χ4v) is 7.33. The van der Waals surface area contributed by atoms with Gasteiger partial charge in [-0.1, -0.05) is 55.5 Å². The van der Waals surface area contributed by atoms with E-state index in [1.165, 1.54) is 22.3 Å². The standard InChI is InChI=1S/C31H32O3/c1-31-18-27(21-7-10-23(32)11-8-21)30-25-14-12-24(34-19-20-5-3-2-4-6-20)17-22(25)9-13-26(30)28(31)15-16-29(31)33/h2-8,10-12,14,17,26-28,30,32H,9,13,15-16,18-19H2,1H3/t26-,27+,28-,30+,31-/m0/s1. The van der Waals surface area contributed by atoms with Gasteiger partial charge in [0, 0.05) is 11.8 Å². The molecule has 3 aliphatic rings. The van der Waals surface area contributed by atoms with Crippen LogP contribution in [0.1, 0.15) is 66.7 Å². The molecule has 0 bridgehead atoms. The average Bonchev–Trinajstić information content (AvgIpc) is 3.17.